The number of nitrogens with one attached hydrogen (secondary N) is 1. The quantitative estimate of drug-likeness (QED) is 0.794. The molecular formula is C11H18N4O2S. The lowest BCUT2D eigenvalue weighted by Crippen LogP contribution is -2.33. The van der Waals surface area contributed by atoms with Gasteiger partial charge in [-0.3, -0.25) is 4.90 Å². The Morgan fingerprint density at radius 2 is 2.44 bits per heavy atom. The Morgan fingerprint density at radius 3 is 3.17 bits per heavy atom. The zero-order chi connectivity index (χ0) is 12.5. The zero-order valence-electron chi connectivity index (χ0n) is 10.4. The number of nitrogens with zero attached hydrogens (tertiary/aromatic N) is 3. The van der Waals surface area contributed by atoms with Crippen LogP contribution >= 0.6 is 11.8 Å². The molecule has 2 aliphatic heterocycles. The van der Waals surface area contributed by atoms with E-state index >= 15 is 0 Å². The number of aliphatic hydroxyl groups excluding tert-OH is 1. The maximum atomic E-state index is 9.49. The monoisotopic (exact) mass is 270 g/mol. The van der Waals surface area contributed by atoms with E-state index in [2.05, 4.69) is 27.4 Å². The first kappa shape index (κ1) is 12.4. The average Bonchev–Trinajstić information content (AvgIpc) is 2.98. The first-order valence-corrected chi connectivity index (χ1v) is 7.42. The van der Waals surface area contributed by atoms with Crippen molar-refractivity contribution in [1.29, 1.82) is 0 Å². The normalized spacial score (nSPS) is 34.0. The Morgan fingerprint density at radius 1 is 1.56 bits per heavy atom. The first-order chi connectivity index (χ1) is 8.74. The van der Waals surface area contributed by atoms with Crippen LogP contribution in [0.15, 0.2) is 4.52 Å². The van der Waals surface area contributed by atoms with Gasteiger partial charge in [0.25, 0.3) is 0 Å². The van der Waals surface area contributed by atoms with Crippen molar-refractivity contribution in [1.82, 2.24) is 20.4 Å². The van der Waals surface area contributed by atoms with E-state index in [4.69, 9.17) is 4.52 Å². The molecule has 0 bridgehead atoms. The number of rotatable bonds is 2. The molecule has 2 aliphatic rings. The second-order valence-corrected chi connectivity index (χ2v) is 6.06. The number of aromatic nitrogens is 2. The molecule has 2 saturated heterocycles. The molecule has 0 aliphatic carbocycles. The van der Waals surface area contributed by atoms with Gasteiger partial charge in [0.05, 0.1) is 18.2 Å². The maximum absolute atomic E-state index is 9.49. The second kappa shape index (κ2) is 5.16. The third kappa shape index (κ3) is 2.40. The van der Waals surface area contributed by atoms with Gasteiger partial charge in [0, 0.05) is 24.6 Å². The minimum atomic E-state index is -0.307. The van der Waals surface area contributed by atoms with Gasteiger partial charge in [0.2, 0.25) is 5.89 Å². The van der Waals surface area contributed by atoms with Gasteiger partial charge in [0.1, 0.15) is 0 Å². The Hall–Kier alpha value is -0.630. The van der Waals surface area contributed by atoms with E-state index in [-0.39, 0.29) is 18.2 Å². The maximum Gasteiger partial charge on any atom is 0.243 e. The minimum Gasteiger partial charge on any atom is -0.392 e. The van der Waals surface area contributed by atoms with Crippen LogP contribution in [0.1, 0.15) is 30.2 Å². The molecule has 0 spiro atoms. The van der Waals surface area contributed by atoms with Crippen LogP contribution in [-0.2, 0) is 0 Å². The van der Waals surface area contributed by atoms with E-state index in [9.17, 15) is 5.11 Å². The minimum absolute atomic E-state index is 0.00259. The van der Waals surface area contributed by atoms with Crippen LogP contribution in [0, 0.1) is 0 Å². The fraction of sp³-hybridized carbons (Fsp3) is 0.818. The zero-order valence-corrected chi connectivity index (χ0v) is 11.2. The molecule has 0 amide bonds. The van der Waals surface area contributed by atoms with Gasteiger partial charge >= 0.3 is 0 Å². The third-order valence-corrected chi connectivity index (χ3v) is 4.58. The summed E-state index contributed by atoms with van der Waals surface area (Å²) in [5.41, 5.74) is 0. The van der Waals surface area contributed by atoms with Crippen LogP contribution in [-0.4, -0.2) is 57.9 Å². The molecule has 1 aromatic heterocycles. The number of thioether (sulfide) groups is 1. The molecule has 1 unspecified atom stereocenters. The van der Waals surface area contributed by atoms with Crippen LogP contribution < -0.4 is 5.32 Å². The van der Waals surface area contributed by atoms with Gasteiger partial charge in [0.15, 0.2) is 5.82 Å². The van der Waals surface area contributed by atoms with E-state index in [1.54, 1.807) is 0 Å². The molecule has 100 valence electrons. The molecule has 0 aromatic carbocycles. The van der Waals surface area contributed by atoms with Crippen molar-refractivity contribution in [2.24, 2.45) is 0 Å². The van der Waals surface area contributed by atoms with Crippen molar-refractivity contribution >= 4 is 11.8 Å². The number of aliphatic hydroxyl groups is 1. The number of hydrogen-bond acceptors (Lipinski definition) is 7. The lowest BCUT2D eigenvalue weighted by Gasteiger charge is -2.29. The lowest BCUT2D eigenvalue weighted by atomic mass is 10.2. The largest absolute Gasteiger partial charge is 0.392 e. The van der Waals surface area contributed by atoms with Crippen molar-refractivity contribution in [2.75, 3.05) is 31.6 Å². The smallest absolute Gasteiger partial charge is 0.243 e. The second-order valence-electron chi connectivity index (χ2n) is 4.91. The fourth-order valence-electron chi connectivity index (χ4n) is 2.39. The Labute approximate surface area is 110 Å². The van der Waals surface area contributed by atoms with Gasteiger partial charge in [-0.25, -0.2) is 0 Å². The molecule has 2 fully saturated rings. The molecule has 3 rings (SSSR count). The van der Waals surface area contributed by atoms with Gasteiger partial charge in [-0.2, -0.15) is 16.7 Å². The van der Waals surface area contributed by atoms with Gasteiger partial charge in [-0.15, -0.1) is 0 Å². The van der Waals surface area contributed by atoms with Gasteiger partial charge in [-0.1, -0.05) is 5.16 Å². The van der Waals surface area contributed by atoms with Crippen molar-refractivity contribution in [2.45, 2.75) is 24.6 Å². The van der Waals surface area contributed by atoms with E-state index in [1.807, 2.05) is 11.8 Å². The molecule has 2 N–H and O–H groups in total. The number of β-amino-alcohol motifs (C(OH)–C–C–N with tert-alkyl or cyclic N) is 1. The molecule has 7 heteroatoms. The molecular weight excluding hydrogens is 252 g/mol. The predicted molar refractivity (Wildman–Crippen MR) is 68.4 cm³/mol. The average molecular weight is 270 g/mol. The lowest BCUT2D eigenvalue weighted by molar-refractivity contribution is 0.191. The summed E-state index contributed by atoms with van der Waals surface area (Å²) in [5, 5.41) is 16.8. The molecule has 18 heavy (non-hydrogen) atoms. The van der Waals surface area contributed by atoms with Crippen LogP contribution in [0.5, 0.6) is 0 Å². The van der Waals surface area contributed by atoms with Gasteiger partial charge in [-0.05, 0) is 13.5 Å². The fourth-order valence-corrected chi connectivity index (χ4v) is 3.60. The Kier molecular flexibility index (Phi) is 3.56. The molecule has 3 heterocycles. The van der Waals surface area contributed by atoms with Gasteiger partial charge < -0.3 is 14.9 Å². The SMILES string of the molecule is CN1CCSCC1c1noc([C@@H]2C[C@@H](O)CN2)n1. The highest BCUT2D eigenvalue weighted by atomic mass is 32.2. The number of hydrogen-bond donors (Lipinski definition) is 2. The summed E-state index contributed by atoms with van der Waals surface area (Å²) in [6, 6.07) is 0.246. The highest BCUT2D eigenvalue weighted by Crippen LogP contribution is 2.28. The molecule has 3 atom stereocenters. The first-order valence-electron chi connectivity index (χ1n) is 6.27. The van der Waals surface area contributed by atoms with E-state index in [1.165, 1.54) is 0 Å². The predicted octanol–water partition coefficient (Wildman–Crippen LogP) is 0.185. The van der Waals surface area contributed by atoms with E-state index in [0.29, 0.717) is 18.9 Å². The summed E-state index contributed by atoms with van der Waals surface area (Å²) >= 11 is 1.92. The molecule has 0 saturated carbocycles. The third-order valence-electron chi connectivity index (χ3n) is 3.56. The highest BCUT2D eigenvalue weighted by Gasteiger charge is 2.31. The van der Waals surface area contributed by atoms with Crippen LogP contribution in [0.2, 0.25) is 0 Å². The molecule has 1 aromatic rings. The van der Waals surface area contributed by atoms with Crippen molar-refractivity contribution < 1.29 is 9.63 Å². The van der Waals surface area contributed by atoms with Crippen LogP contribution in [0.25, 0.3) is 0 Å². The van der Waals surface area contributed by atoms with E-state index in [0.717, 1.165) is 23.9 Å². The summed E-state index contributed by atoms with van der Waals surface area (Å²) in [5.74, 6) is 3.54. The van der Waals surface area contributed by atoms with Crippen LogP contribution in [0.4, 0.5) is 0 Å². The van der Waals surface area contributed by atoms with E-state index < -0.39 is 0 Å². The topological polar surface area (TPSA) is 74.4 Å². The summed E-state index contributed by atoms with van der Waals surface area (Å²) in [6.07, 6.45) is 0.343. The summed E-state index contributed by atoms with van der Waals surface area (Å²) in [6.45, 7) is 1.65. The Bertz CT molecular complexity index is 414. The summed E-state index contributed by atoms with van der Waals surface area (Å²) in [7, 11) is 2.10. The molecule has 6 nitrogen and oxygen atoms in total. The standard InChI is InChI=1S/C11H18N4O2S/c1-15-2-3-18-6-9(15)10-13-11(17-14-10)8-4-7(16)5-12-8/h7-9,12,16H,2-6H2,1H3/t7-,8+,9?/m1/s1. The summed E-state index contributed by atoms with van der Waals surface area (Å²) < 4.78 is 5.33. The highest BCUT2D eigenvalue weighted by molar-refractivity contribution is 7.99. The van der Waals surface area contributed by atoms with Crippen molar-refractivity contribution in [3.05, 3.63) is 11.7 Å². The van der Waals surface area contributed by atoms with Crippen LogP contribution in [0.3, 0.4) is 0 Å². The van der Waals surface area contributed by atoms with Crippen molar-refractivity contribution in [3.63, 3.8) is 0 Å². The summed E-state index contributed by atoms with van der Waals surface area (Å²) in [4.78, 5) is 6.76. The Balaban J connectivity index is 1.72. The van der Waals surface area contributed by atoms with Crippen molar-refractivity contribution in [3.8, 4) is 0 Å². The molecule has 0 radical (unpaired) electrons.